The molecule has 0 spiro atoms. The number of halogens is 1. The molecule has 0 aliphatic rings. The van der Waals surface area contributed by atoms with Crippen LogP contribution in [0.25, 0.3) is 0 Å². The molecule has 6 nitrogen and oxygen atoms in total. The molecule has 2 aromatic carbocycles. The zero-order chi connectivity index (χ0) is 21.2. The lowest BCUT2D eigenvalue weighted by Gasteiger charge is -2.14. The van der Waals surface area contributed by atoms with Crippen LogP contribution >= 0.6 is 23.8 Å². The monoisotopic (exact) mass is 436 g/mol. The van der Waals surface area contributed by atoms with Gasteiger partial charge in [0.25, 0.3) is 0 Å². The molecule has 0 aromatic heterocycles. The van der Waals surface area contributed by atoms with Crippen LogP contribution in [0.2, 0.25) is 5.02 Å². The first-order chi connectivity index (χ1) is 14.0. The van der Waals surface area contributed by atoms with Gasteiger partial charge in [0.15, 0.2) is 16.6 Å². The van der Waals surface area contributed by atoms with Crippen molar-refractivity contribution in [3.8, 4) is 11.5 Å². The van der Waals surface area contributed by atoms with Crippen molar-refractivity contribution in [3.05, 3.63) is 52.5 Å². The van der Waals surface area contributed by atoms with Crippen molar-refractivity contribution in [1.29, 1.82) is 0 Å². The molecule has 0 saturated carbocycles. The van der Waals surface area contributed by atoms with Gasteiger partial charge in [0, 0.05) is 12.2 Å². The van der Waals surface area contributed by atoms with Crippen molar-refractivity contribution in [1.82, 2.24) is 5.32 Å². The average molecular weight is 437 g/mol. The smallest absolute Gasteiger partial charge is 0.339 e. The molecular formula is C21H25ClN2O4S. The molecule has 2 N–H and O–H groups in total. The molecule has 29 heavy (non-hydrogen) atoms. The van der Waals surface area contributed by atoms with Gasteiger partial charge in [-0.25, -0.2) is 4.79 Å². The van der Waals surface area contributed by atoms with Crippen LogP contribution in [0.15, 0.2) is 36.4 Å². The maximum absolute atomic E-state index is 11.8. The van der Waals surface area contributed by atoms with E-state index in [1.54, 1.807) is 25.1 Å². The Labute approximate surface area is 181 Å². The van der Waals surface area contributed by atoms with E-state index in [1.807, 2.05) is 32.0 Å². The molecule has 0 aliphatic carbocycles. The summed E-state index contributed by atoms with van der Waals surface area (Å²) in [7, 11) is 0. The minimum absolute atomic E-state index is 0.291. The first kappa shape index (κ1) is 22.8. The summed E-state index contributed by atoms with van der Waals surface area (Å²) in [5.41, 5.74) is 1.98. The third-order valence-electron chi connectivity index (χ3n) is 3.78. The zero-order valence-corrected chi connectivity index (χ0v) is 18.3. The fourth-order valence-corrected chi connectivity index (χ4v) is 2.98. The lowest BCUT2D eigenvalue weighted by Crippen LogP contribution is -2.27. The third kappa shape index (κ3) is 6.80. The van der Waals surface area contributed by atoms with E-state index >= 15 is 0 Å². The summed E-state index contributed by atoms with van der Waals surface area (Å²) in [6, 6.07) is 10.7. The van der Waals surface area contributed by atoms with Crippen molar-refractivity contribution in [2.75, 3.05) is 25.1 Å². The Morgan fingerprint density at radius 3 is 2.38 bits per heavy atom. The van der Waals surface area contributed by atoms with Crippen molar-refractivity contribution in [2.45, 2.75) is 27.3 Å². The molecule has 0 fully saturated rings. The molecule has 0 unspecified atom stereocenters. The molecule has 0 radical (unpaired) electrons. The van der Waals surface area contributed by atoms with Crippen LogP contribution in [-0.2, 0) is 11.3 Å². The van der Waals surface area contributed by atoms with E-state index in [-0.39, 0.29) is 0 Å². The fraction of sp³-hybridized carbons (Fsp3) is 0.333. The van der Waals surface area contributed by atoms with Gasteiger partial charge in [-0.3, -0.25) is 0 Å². The highest BCUT2D eigenvalue weighted by Crippen LogP contribution is 2.28. The highest BCUT2D eigenvalue weighted by Gasteiger charge is 2.12. The number of hydrogen-bond acceptors (Lipinski definition) is 5. The quantitative estimate of drug-likeness (QED) is 0.432. The second-order valence-electron chi connectivity index (χ2n) is 5.87. The normalized spacial score (nSPS) is 10.2. The Bertz CT molecular complexity index is 861. The van der Waals surface area contributed by atoms with Crippen LogP contribution in [0.5, 0.6) is 11.5 Å². The molecule has 156 valence electrons. The van der Waals surface area contributed by atoms with Crippen LogP contribution in [0.3, 0.4) is 0 Å². The number of anilines is 1. The van der Waals surface area contributed by atoms with E-state index in [9.17, 15) is 4.79 Å². The Balaban J connectivity index is 1.97. The zero-order valence-electron chi connectivity index (χ0n) is 16.7. The van der Waals surface area contributed by atoms with Gasteiger partial charge < -0.3 is 24.8 Å². The largest absolute Gasteiger partial charge is 0.490 e. The van der Waals surface area contributed by atoms with Gasteiger partial charge in [0.05, 0.1) is 30.4 Å². The molecule has 0 amide bonds. The van der Waals surface area contributed by atoms with Crippen LogP contribution < -0.4 is 20.1 Å². The average Bonchev–Trinajstić information content (AvgIpc) is 2.68. The summed E-state index contributed by atoms with van der Waals surface area (Å²) in [4.78, 5) is 11.8. The molecule has 2 rings (SSSR count). The minimum Gasteiger partial charge on any atom is -0.490 e. The lowest BCUT2D eigenvalue weighted by molar-refractivity contribution is 0.0526. The van der Waals surface area contributed by atoms with Gasteiger partial charge in [-0.15, -0.1) is 0 Å². The van der Waals surface area contributed by atoms with Crippen molar-refractivity contribution in [3.63, 3.8) is 0 Å². The Morgan fingerprint density at radius 2 is 1.72 bits per heavy atom. The van der Waals surface area contributed by atoms with Crippen molar-refractivity contribution < 1.29 is 19.0 Å². The van der Waals surface area contributed by atoms with E-state index in [0.717, 1.165) is 11.3 Å². The van der Waals surface area contributed by atoms with E-state index in [0.29, 0.717) is 53.5 Å². The van der Waals surface area contributed by atoms with E-state index in [4.69, 9.17) is 38.0 Å². The fourth-order valence-electron chi connectivity index (χ4n) is 2.53. The molecule has 8 heteroatoms. The van der Waals surface area contributed by atoms with Crippen molar-refractivity contribution in [2.24, 2.45) is 0 Å². The number of nitrogens with one attached hydrogen (secondary N) is 2. The SMILES string of the molecule is CCOC(=O)c1ccc(NC(=S)NCc2ccc(OCC)c(OCC)c2)cc1Cl. The van der Waals surface area contributed by atoms with Gasteiger partial charge in [-0.2, -0.15) is 0 Å². The molecular weight excluding hydrogens is 412 g/mol. The first-order valence-electron chi connectivity index (χ1n) is 9.38. The van der Waals surface area contributed by atoms with E-state index < -0.39 is 5.97 Å². The number of hydrogen-bond donors (Lipinski definition) is 2. The van der Waals surface area contributed by atoms with Gasteiger partial charge in [0.2, 0.25) is 0 Å². The first-order valence-corrected chi connectivity index (χ1v) is 10.2. The number of ether oxygens (including phenoxy) is 3. The molecule has 0 aliphatic heterocycles. The van der Waals surface area contributed by atoms with Gasteiger partial charge in [-0.1, -0.05) is 17.7 Å². The Morgan fingerprint density at radius 1 is 1.00 bits per heavy atom. The summed E-state index contributed by atoms with van der Waals surface area (Å²) < 4.78 is 16.2. The molecule has 0 heterocycles. The van der Waals surface area contributed by atoms with Crippen molar-refractivity contribution >= 4 is 40.6 Å². The summed E-state index contributed by atoms with van der Waals surface area (Å²) in [6.07, 6.45) is 0. The second kappa shape index (κ2) is 11.5. The summed E-state index contributed by atoms with van der Waals surface area (Å²) >= 11 is 11.5. The molecule has 0 bridgehead atoms. The lowest BCUT2D eigenvalue weighted by atomic mass is 10.2. The highest BCUT2D eigenvalue weighted by molar-refractivity contribution is 7.80. The van der Waals surface area contributed by atoms with Gasteiger partial charge in [0.1, 0.15) is 0 Å². The molecule has 0 saturated heterocycles. The van der Waals surface area contributed by atoms with Crippen LogP contribution in [-0.4, -0.2) is 30.9 Å². The maximum atomic E-state index is 11.8. The van der Waals surface area contributed by atoms with E-state index in [1.165, 1.54) is 0 Å². The summed E-state index contributed by atoms with van der Waals surface area (Å²) in [5, 5.41) is 6.91. The minimum atomic E-state index is -0.453. The number of carbonyl (C=O) groups excluding carboxylic acids is 1. The third-order valence-corrected chi connectivity index (χ3v) is 4.34. The maximum Gasteiger partial charge on any atom is 0.339 e. The Kier molecular flexibility index (Phi) is 9.02. The predicted octanol–water partition coefficient (Wildman–Crippen LogP) is 4.80. The van der Waals surface area contributed by atoms with Crippen LogP contribution in [0.4, 0.5) is 5.69 Å². The Hall–Kier alpha value is -2.51. The van der Waals surface area contributed by atoms with E-state index in [2.05, 4.69) is 10.6 Å². The molecule has 2 aromatic rings. The number of carbonyl (C=O) groups is 1. The summed E-state index contributed by atoms with van der Waals surface area (Å²) in [6.45, 7) is 7.53. The number of rotatable bonds is 9. The number of esters is 1. The number of benzene rings is 2. The predicted molar refractivity (Wildman–Crippen MR) is 119 cm³/mol. The second-order valence-corrected chi connectivity index (χ2v) is 6.69. The molecule has 0 atom stereocenters. The van der Waals surface area contributed by atoms with Crippen LogP contribution in [0, 0.1) is 0 Å². The standard InChI is InChI=1S/C21H25ClN2O4S/c1-4-26-18-10-7-14(11-19(18)27-5-2)13-23-21(29)24-15-8-9-16(17(22)12-15)20(25)28-6-3/h7-12H,4-6,13H2,1-3H3,(H2,23,24,29). The van der Waals surface area contributed by atoms with Gasteiger partial charge >= 0.3 is 5.97 Å². The summed E-state index contributed by atoms with van der Waals surface area (Å²) in [5.74, 6) is 0.967. The van der Waals surface area contributed by atoms with Crippen LogP contribution in [0.1, 0.15) is 36.7 Å². The van der Waals surface area contributed by atoms with Gasteiger partial charge in [-0.05, 0) is 68.9 Å². The topological polar surface area (TPSA) is 68.8 Å². The highest BCUT2D eigenvalue weighted by atomic mass is 35.5. The number of thiocarbonyl (C=S) groups is 1.